The van der Waals surface area contributed by atoms with Crippen molar-refractivity contribution in [2.45, 2.75) is 6.92 Å². The first-order chi connectivity index (χ1) is 10.1. The van der Waals surface area contributed by atoms with Gasteiger partial charge in [-0.05, 0) is 25.1 Å². The smallest absolute Gasteiger partial charge is 0.240 e. The summed E-state index contributed by atoms with van der Waals surface area (Å²) in [6.07, 6.45) is 0. The molecule has 0 unspecified atom stereocenters. The summed E-state index contributed by atoms with van der Waals surface area (Å²) in [5, 5.41) is 3.60. The molecule has 8 heteroatoms. The van der Waals surface area contributed by atoms with Crippen molar-refractivity contribution >= 4 is 39.0 Å². The highest BCUT2D eigenvalue weighted by atomic mass is 32.1. The Bertz CT molecular complexity index is 818. The van der Waals surface area contributed by atoms with E-state index in [-0.39, 0.29) is 11.6 Å². The van der Waals surface area contributed by atoms with Gasteiger partial charge in [0.15, 0.2) is 0 Å². The molecule has 3 rings (SSSR count). The minimum atomic E-state index is -0.698. The van der Waals surface area contributed by atoms with E-state index in [0.717, 1.165) is 21.2 Å². The minimum absolute atomic E-state index is 0.128. The molecule has 5 nitrogen and oxygen atoms in total. The molecule has 0 amide bonds. The third-order valence-corrected chi connectivity index (χ3v) is 3.77. The fourth-order valence-electron chi connectivity index (χ4n) is 1.92. The third kappa shape index (κ3) is 2.63. The Morgan fingerprint density at radius 3 is 2.71 bits per heavy atom. The topological polar surface area (TPSA) is 75.9 Å². The molecule has 1 aromatic carbocycles. The molecule has 0 aliphatic rings. The number of nitrogens with one attached hydrogen (secondary N) is 2. The maximum atomic E-state index is 13.7. The number of halogens is 2. The maximum absolute atomic E-state index is 13.7. The molecule has 2 aromatic heterocycles. The van der Waals surface area contributed by atoms with Crippen LogP contribution in [0.4, 0.5) is 26.2 Å². The lowest BCUT2D eigenvalue weighted by atomic mass is 10.2. The number of fused-ring (bicyclic) bond motifs is 1. The van der Waals surface area contributed by atoms with Gasteiger partial charge in [-0.1, -0.05) is 0 Å². The lowest BCUT2D eigenvalue weighted by Gasteiger charge is -2.09. The second-order valence-electron chi connectivity index (χ2n) is 4.37. The number of hydrogen-bond acceptors (Lipinski definition) is 6. The van der Waals surface area contributed by atoms with Crippen molar-refractivity contribution in [3.05, 3.63) is 40.8 Å². The van der Waals surface area contributed by atoms with Gasteiger partial charge >= 0.3 is 0 Å². The summed E-state index contributed by atoms with van der Waals surface area (Å²) in [7, 11) is 0. The summed E-state index contributed by atoms with van der Waals surface area (Å²) in [6.45, 7) is 1.93. The predicted octanol–water partition coefficient (Wildman–Crippen LogP) is 3.31. The Labute approximate surface area is 122 Å². The summed E-state index contributed by atoms with van der Waals surface area (Å²) in [6, 6.07) is 5.18. The zero-order valence-corrected chi connectivity index (χ0v) is 11.8. The first kappa shape index (κ1) is 13.7. The van der Waals surface area contributed by atoms with Crippen LogP contribution in [-0.4, -0.2) is 9.97 Å². The Morgan fingerprint density at radius 2 is 2.00 bits per heavy atom. The number of aromatic nitrogens is 2. The minimum Gasteiger partial charge on any atom is -0.337 e. The molecule has 3 aromatic rings. The first-order valence-corrected chi connectivity index (χ1v) is 6.85. The highest BCUT2D eigenvalue weighted by Crippen LogP contribution is 2.31. The number of thiophene rings is 1. The van der Waals surface area contributed by atoms with E-state index in [2.05, 4.69) is 20.7 Å². The molecule has 0 radical (unpaired) electrons. The van der Waals surface area contributed by atoms with Crippen molar-refractivity contribution < 1.29 is 8.78 Å². The number of nitrogens with two attached hydrogens (primary N) is 1. The van der Waals surface area contributed by atoms with E-state index >= 15 is 0 Å². The van der Waals surface area contributed by atoms with Gasteiger partial charge in [0.2, 0.25) is 5.95 Å². The molecule has 4 N–H and O–H groups in total. The van der Waals surface area contributed by atoms with Crippen molar-refractivity contribution in [1.29, 1.82) is 0 Å². The Balaban J connectivity index is 2.10. The van der Waals surface area contributed by atoms with Crippen molar-refractivity contribution in [3.63, 3.8) is 0 Å². The second-order valence-corrected chi connectivity index (χ2v) is 5.60. The van der Waals surface area contributed by atoms with Crippen LogP contribution in [0.15, 0.2) is 24.3 Å². The van der Waals surface area contributed by atoms with Crippen LogP contribution in [0, 0.1) is 18.6 Å². The highest BCUT2D eigenvalue weighted by Gasteiger charge is 2.12. The number of anilines is 3. The maximum Gasteiger partial charge on any atom is 0.240 e. The number of rotatable bonds is 3. The van der Waals surface area contributed by atoms with Crippen molar-refractivity contribution in [3.8, 4) is 0 Å². The molecule has 0 aliphatic heterocycles. The Kier molecular flexibility index (Phi) is 3.40. The molecule has 0 fully saturated rings. The number of nitrogen functional groups attached to an aromatic ring is 1. The fraction of sp³-hybridized carbons (Fsp3) is 0.0769. The van der Waals surface area contributed by atoms with Gasteiger partial charge in [-0.2, -0.15) is 4.98 Å². The quantitative estimate of drug-likeness (QED) is 0.511. The monoisotopic (exact) mass is 307 g/mol. The van der Waals surface area contributed by atoms with E-state index in [1.165, 1.54) is 23.5 Å². The molecule has 0 spiro atoms. The molecule has 2 heterocycles. The van der Waals surface area contributed by atoms with E-state index in [4.69, 9.17) is 5.84 Å². The van der Waals surface area contributed by atoms with Gasteiger partial charge in [0, 0.05) is 10.9 Å². The Hall–Kier alpha value is -2.32. The third-order valence-electron chi connectivity index (χ3n) is 2.83. The predicted molar refractivity (Wildman–Crippen MR) is 79.6 cm³/mol. The standard InChI is InChI=1S/C13H11F2N5S/c1-6-4-8-11(18-13(20-16)19-12(8)21-6)17-10-3-2-7(14)5-9(10)15/h2-5H,16H2,1H3,(H2,17,18,19,20). The van der Waals surface area contributed by atoms with Crippen molar-refractivity contribution in [1.82, 2.24) is 9.97 Å². The molecule has 0 aliphatic carbocycles. The van der Waals surface area contributed by atoms with Gasteiger partial charge in [0.25, 0.3) is 0 Å². The molecule has 21 heavy (non-hydrogen) atoms. The van der Waals surface area contributed by atoms with Crippen LogP contribution in [-0.2, 0) is 0 Å². The number of benzene rings is 1. The van der Waals surface area contributed by atoms with Gasteiger partial charge in [-0.3, -0.25) is 5.43 Å². The van der Waals surface area contributed by atoms with E-state index < -0.39 is 11.6 Å². The van der Waals surface area contributed by atoms with E-state index in [0.29, 0.717) is 5.82 Å². The molecular weight excluding hydrogens is 296 g/mol. The number of hydrazine groups is 1. The van der Waals surface area contributed by atoms with Gasteiger partial charge in [0.1, 0.15) is 22.3 Å². The summed E-state index contributed by atoms with van der Waals surface area (Å²) < 4.78 is 26.7. The van der Waals surface area contributed by atoms with Gasteiger partial charge < -0.3 is 5.32 Å². The molecule has 108 valence electrons. The second kappa shape index (κ2) is 5.23. The number of aryl methyl sites for hydroxylation is 1. The molecule has 0 saturated carbocycles. The molecule has 0 bridgehead atoms. The van der Waals surface area contributed by atoms with Crippen LogP contribution in [0.3, 0.4) is 0 Å². The normalized spacial score (nSPS) is 10.9. The number of hydrogen-bond donors (Lipinski definition) is 3. The largest absolute Gasteiger partial charge is 0.337 e. The van der Waals surface area contributed by atoms with Crippen molar-refractivity contribution in [2.75, 3.05) is 10.7 Å². The zero-order chi connectivity index (χ0) is 15.0. The SMILES string of the molecule is Cc1cc2c(Nc3ccc(F)cc3F)nc(NN)nc2s1. The summed E-state index contributed by atoms with van der Waals surface area (Å²) in [5.41, 5.74) is 2.50. The van der Waals surface area contributed by atoms with Crippen LogP contribution < -0.4 is 16.6 Å². The lowest BCUT2D eigenvalue weighted by Crippen LogP contribution is -2.11. The first-order valence-electron chi connectivity index (χ1n) is 6.03. The Morgan fingerprint density at radius 1 is 1.19 bits per heavy atom. The fourth-order valence-corrected chi connectivity index (χ4v) is 2.80. The van der Waals surface area contributed by atoms with Gasteiger partial charge in [-0.25, -0.2) is 19.6 Å². The lowest BCUT2D eigenvalue weighted by molar-refractivity contribution is 0.586. The van der Waals surface area contributed by atoms with E-state index in [1.54, 1.807) is 0 Å². The average Bonchev–Trinajstić information content (AvgIpc) is 2.82. The van der Waals surface area contributed by atoms with Crippen LogP contribution in [0.25, 0.3) is 10.2 Å². The molecule has 0 saturated heterocycles. The summed E-state index contributed by atoms with van der Waals surface area (Å²) in [4.78, 5) is 10.2. The molecular formula is C13H11F2N5S. The van der Waals surface area contributed by atoms with Crippen LogP contribution in [0.2, 0.25) is 0 Å². The van der Waals surface area contributed by atoms with Crippen molar-refractivity contribution in [2.24, 2.45) is 5.84 Å². The van der Waals surface area contributed by atoms with Crippen LogP contribution >= 0.6 is 11.3 Å². The van der Waals surface area contributed by atoms with Crippen LogP contribution in [0.5, 0.6) is 0 Å². The van der Waals surface area contributed by atoms with Crippen LogP contribution in [0.1, 0.15) is 4.88 Å². The summed E-state index contributed by atoms with van der Waals surface area (Å²) in [5.74, 6) is 4.62. The summed E-state index contributed by atoms with van der Waals surface area (Å²) >= 11 is 1.47. The molecule has 0 atom stereocenters. The zero-order valence-electron chi connectivity index (χ0n) is 10.9. The van der Waals surface area contributed by atoms with Gasteiger partial charge in [0.05, 0.1) is 11.1 Å². The number of nitrogens with zero attached hydrogens (tertiary/aromatic N) is 2. The van der Waals surface area contributed by atoms with E-state index in [9.17, 15) is 8.78 Å². The average molecular weight is 307 g/mol. The highest BCUT2D eigenvalue weighted by molar-refractivity contribution is 7.18. The van der Waals surface area contributed by atoms with Gasteiger partial charge in [-0.15, -0.1) is 11.3 Å². The van der Waals surface area contributed by atoms with E-state index in [1.807, 2.05) is 13.0 Å².